The summed E-state index contributed by atoms with van der Waals surface area (Å²) in [6.45, 7) is 0. The molecule has 0 aromatic heterocycles. The first-order valence-electron chi connectivity index (χ1n) is 4.50. The van der Waals surface area contributed by atoms with Gasteiger partial charge in [0.2, 0.25) is 0 Å². The van der Waals surface area contributed by atoms with Gasteiger partial charge in [-0.25, -0.2) is 0 Å². The zero-order chi connectivity index (χ0) is 11.3. The van der Waals surface area contributed by atoms with Gasteiger partial charge in [-0.3, -0.25) is 4.79 Å². The third-order valence-electron chi connectivity index (χ3n) is 1.81. The maximum absolute atomic E-state index is 11.7. The molecule has 16 heavy (non-hydrogen) atoms. The molecule has 0 fully saturated rings. The number of carbonyl (C=O) groups is 1. The van der Waals surface area contributed by atoms with Crippen molar-refractivity contribution in [1.29, 1.82) is 0 Å². The molecule has 3 N–H and O–H groups in total. The summed E-state index contributed by atoms with van der Waals surface area (Å²) in [5, 5.41) is 8.49. The van der Waals surface area contributed by atoms with Crippen LogP contribution in [-0.2, 0) is 16.0 Å². The maximum Gasteiger partial charge on any atom is 0.305 e. The van der Waals surface area contributed by atoms with Crippen molar-refractivity contribution in [3.63, 3.8) is 0 Å². The van der Waals surface area contributed by atoms with Crippen LogP contribution in [0.2, 0.25) is 0 Å². The molecule has 0 amide bonds. The molecule has 4 nitrogen and oxygen atoms in total. The van der Waals surface area contributed by atoms with Crippen LogP contribution < -0.4 is 5.73 Å². The Labute approximate surface area is 104 Å². The molecular formula is C10H15NO3S2. The van der Waals surface area contributed by atoms with Crippen molar-refractivity contribution in [3.05, 3.63) is 30.3 Å². The molecule has 1 aromatic carbocycles. The van der Waals surface area contributed by atoms with Crippen molar-refractivity contribution in [2.45, 2.75) is 17.4 Å². The fraction of sp³-hybridized carbons (Fsp3) is 0.300. The summed E-state index contributed by atoms with van der Waals surface area (Å²) in [7, 11) is 0. The lowest BCUT2D eigenvalue weighted by Crippen LogP contribution is -2.32. The van der Waals surface area contributed by atoms with Gasteiger partial charge >= 0.3 is 5.97 Å². The molecule has 1 rings (SSSR count). The number of hydrogen-bond donors (Lipinski definition) is 2. The Morgan fingerprint density at radius 2 is 2.00 bits per heavy atom. The van der Waals surface area contributed by atoms with Crippen LogP contribution in [0, 0.1) is 0 Å². The fourth-order valence-electron chi connectivity index (χ4n) is 1.15. The van der Waals surface area contributed by atoms with Crippen LogP contribution in [0.25, 0.3) is 0 Å². The highest BCUT2D eigenvalue weighted by molar-refractivity contribution is 7.91. The van der Waals surface area contributed by atoms with Gasteiger partial charge < -0.3 is 15.4 Å². The Balaban J connectivity index is 0.00000225. The molecule has 0 saturated carbocycles. The highest BCUT2D eigenvalue weighted by Crippen LogP contribution is 2.11. The van der Waals surface area contributed by atoms with E-state index in [1.54, 1.807) is 24.3 Å². The normalized spacial score (nSPS) is 13.6. The molecule has 0 radical (unpaired) electrons. The Morgan fingerprint density at radius 3 is 2.50 bits per heavy atom. The zero-order valence-electron chi connectivity index (χ0n) is 8.63. The lowest BCUT2D eigenvalue weighted by Gasteiger charge is -2.13. The second kappa shape index (κ2) is 7.56. The monoisotopic (exact) mass is 261 g/mol. The zero-order valence-corrected chi connectivity index (χ0v) is 10.4. The molecule has 1 aromatic rings. The third kappa shape index (κ3) is 5.41. The van der Waals surface area contributed by atoms with Crippen molar-refractivity contribution in [3.8, 4) is 0 Å². The quantitative estimate of drug-likeness (QED) is 0.764. The molecule has 0 spiro atoms. The molecular weight excluding hydrogens is 246 g/mol. The van der Waals surface area contributed by atoms with E-state index in [0.717, 1.165) is 0 Å². The van der Waals surface area contributed by atoms with Crippen molar-refractivity contribution in [1.82, 2.24) is 0 Å². The number of nitrogens with two attached hydrogens (primary N) is 1. The van der Waals surface area contributed by atoms with Crippen LogP contribution in [0.4, 0.5) is 0 Å². The molecule has 2 unspecified atom stereocenters. The van der Waals surface area contributed by atoms with E-state index in [2.05, 4.69) is 0 Å². The van der Waals surface area contributed by atoms with E-state index in [1.165, 1.54) is 0 Å². The van der Waals surface area contributed by atoms with E-state index in [0.29, 0.717) is 4.90 Å². The van der Waals surface area contributed by atoms with E-state index in [1.807, 2.05) is 6.07 Å². The van der Waals surface area contributed by atoms with Crippen LogP contribution >= 0.6 is 13.5 Å². The lowest BCUT2D eigenvalue weighted by molar-refractivity contribution is -0.137. The average Bonchev–Trinajstić information content (AvgIpc) is 2.17. The summed E-state index contributed by atoms with van der Waals surface area (Å²) in [6.07, 6.45) is -0.154. The Kier molecular flexibility index (Phi) is 7.24. The predicted molar refractivity (Wildman–Crippen MR) is 68.3 cm³/mol. The van der Waals surface area contributed by atoms with E-state index in [-0.39, 0.29) is 25.7 Å². The molecule has 90 valence electrons. The first-order valence-corrected chi connectivity index (χ1v) is 5.82. The number of benzene rings is 1. The Morgan fingerprint density at radius 1 is 1.44 bits per heavy atom. The summed E-state index contributed by atoms with van der Waals surface area (Å²) in [5.74, 6) is -0.788. The molecule has 0 bridgehead atoms. The molecule has 0 saturated heterocycles. The summed E-state index contributed by atoms with van der Waals surface area (Å²) >= 11 is -1.22. The van der Waals surface area contributed by atoms with Crippen molar-refractivity contribution in [2.24, 2.45) is 5.73 Å². The molecule has 0 heterocycles. The van der Waals surface area contributed by atoms with Crippen LogP contribution in [0.15, 0.2) is 35.2 Å². The number of rotatable bonds is 5. The molecule has 0 aliphatic rings. The van der Waals surface area contributed by atoms with Crippen LogP contribution in [-0.4, -0.2) is 27.4 Å². The van der Waals surface area contributed by atoms with E-state index < -0.39 is 23.2 Å². The fourth-order valence-corrected chi connectivity index (χ4v) is 2.31. The van der Waals surface area contributed by atoms with Crippen LogP contribution in [0.1, 0.15) is 6.42 Å². The molecule has 2 atom stereocenters. The van der Waals surface area contributed by atoms with Crippen molar-refractivity contribution >= 4 is 30.6 Å². The summed E-state index contributed by atoms with van der Waals surface area (Å²) in [6, 6.07) is 8.32. The number of hydrogen-bond acceptors (Lipinski definition) is 3. The Hall–Kier alpha value is -0.690. The second-order valence-electron chi connectivity index (χ2n) is 3.18. The van der Waals surface area contributed by atoms with Gasteiger partial charge in [0.05, 0.1) is 12.5 Å². The SMILES string of the molecule is NC(CC(=O)O)C[S+]([O-])c1ccccc1.S. The van der Waals surface area contributed by atoms with Gasteiger partial charge in [-0.05, 0) is 23.3 Å². The summed E-state index contributed by atoms with van der Waals surface area (Å²) in [5.41, 5.74) is 5.54. The average molecular weight is 261 g/mol. The van der Waals surface area contributed by atoms with Gasteiger partial charge in [0.25, 0.3) is 0 Å². The van der Waals surface area contributed by atoms with Crippen LogP contribution in [0.5, 0.6) is 0 Å². The number of carboxylic acid groups (broad SMARTS) is 1. The summed E-state index contributed by atoms with van der Waals surface area (Å²) in [4.78, 5) is 11.0. The minimum absolute atomic E-state index is 0. The third-order valence-corrected chi connectivity index (χ3v) is 3.34. The highest BCUT2D eigenvalue weighted by atomic mass is 32.2. The maximum atomic E-state index is 11.7. The minimum Gasteiger partial charge on any atom is -0.611 e. The van der Waals surface area contributed by atoms with Gasteiger partial charge in [-0.1, -0.05) is 18.2 Å². The standard InChI is InChI=1S/C10H13NO3S.H2S/c11-8(6-10(12)13)7-15(14)9-4-2-1-3-5-9;/h1-5,8H,6-7,11H2,(H,12,13);1H2. The first-order chi connectivity index (χ1) is 7.09. The molecule has 0 aliphatic heterocycles. The van der Waals surface area contributed by atoms with Gasteiger partial charge in [0.15, 0.2) is 4.90 Å². The lowest BCUT2D eigenvalue weighted by atomic mass is 10.2. The minimum atomic E-state index is -1.22. The molecule has 6 heteroatoms. The highest BCUT2D eigenvalue weighted by Gasteiger charge is 2.17. The van der Waals surface area contributed by atoms with Gasteiger partial charge in [0.1, 0.15) is 5.75 Å². The Bertz CT molecular complexity index is 321. The number of carboxylic acids is 1. The topological polar surface area (TPSA) is 86.4 Å². The van der Waals surface area contributed by atoms with Crippen molar-refractivity contribution in [2.75, 3.05) is 5.75 Å². The van der Waals surface area contributed by atoms with Crippen LogP contribution in [0.3, 0.4) is 0 Å². The van der Waals surface area contributed by atoms with Gasteiger partial charge in [0, 0.05) is 0 Å². The summed E-state index contributed by atoms with van der Waals surface area (Å²) < 4.78 is 11.7. The van der Waals surface area contributed by atoms with E-state index in [9.17, 15) is 9.35 Å². The number of aliphatic carboxylic acids is 1. The van der Waals surface area contributed by atoms with E-state index in [4.69, 9.17) is 10.8 Å². The smallest absolute Gasteiger partial charge is 0.305 e. The van der Waals surface area contributed by atoms with E-state index >= 15 is 0 Å². The van der Waals surface area contributed by atoms with Gasteiger partial charge in [-0.15, -0.1) is 0 Å². The van der Waals surface area contributed by atoms with Crippen molar-refractivity contribution < 1.29 is 14.5 Å². The first kappa shape index (κ1) is 15.3. The molecule has 0 aliphatic carbocycles. The second-order valence-corrected chi connectivity index (χ2v) is 4.68. The predicted octanol–water partition coefficient (Wildman–Crippen LogP) is 0.709. The van der Waals surface area contributed by atoms with Gasteiger partial charge in [-0.2, -0.15) is 13.5 Å². The largest absolute Gasteiger partial charge is 0.611 e.